The van der Waals surface area contributed by atoms with Gasteiger partial charge in [0.25, 0.3) is 0 Å². The molecule has 5 nitrogen and oxygen atoms in total. The van der Waals surface area contributed by atoms with E-state index >= 15 is 0 Å². The van der Waals surface area contributed by atoms with E-state index in [9.17, 15) is 14.7 Å². The number of hydrogen-bond acceptors (Lipinski definition) is 5. The minimum atomic E-state index is -1.37. The number of nitrogens with one attached hydrogen (secondary N) is 1. The molecule has 1 aliphatic heterocycles. The van der Waals surface area contributed by atoms with Crippen LogP contribution in [-0.4, -0.2) is 41.2 Å². The standard InChI is InChI=1S/C20H27NO4/c1-11-14-12(15(22)19(4,24)20(11)7-8-20)10-18(2,3)16(14)25-17(23)13-6-5-9-21-13/h10,13,16,21,24H,5-9H2,1-4H3/t13-,16+,19?/m0/s1. The lowest BCUT2D eigenvalue weighted by molar-refractivity contribution is -0.153. The fourth-order valence-corrected chi connectivity index (χ4v) is 5.01. The molecule has 3 aliphatic carbocycles. The molecule has 0 amide bonds. The summed E-state index contributed by atoms with van der Waals surface area (Å²) in [5.74, 6) is -0.462. The number of rotatable bonds is 2. The topological polar surface area (TPSA) is 75.6 Å². The molecule has 1 heterocycles. The van der Waals surface area contributed by atoms with Gasteiger partial charge in [0.2, 0.25) is 0 Å². The zero-order valence-corrected chi connectivity index (χ0v) is 15.4. The Hall–Kier alpha value is -1.46. The summed E-state index contributed by atoms with van der Waals surface area (Å²) in [7, 11) is 0. The summed E-state index contributed by atoms with van der Waals surface area (Å²) in [6.45, 7) is 8.44. The van der Waals surface area contributed by atoms with Gasteiger partial charge in [-0.05, 0) is 46.1 Å². The quantitative estimate of drug-likeness (QED) is 0.749. The van der Waals surface area contributed by atoms with Gasteiger partial charge in [-0.1, -0.05) is 25.5 Å². The van der Waals surface area contributed by atoms with Crippen LogP contribution < -0.4 is 5.32 Å². The van der Waals surface area contributed by atoms with Gasteiger partial charge >= 0.3 is 5.97 Å². The van der Waals surface area contributed by atoms with Crippen molar-refractivity contribution >= 4 is 11.8 Å². The third kappa shape index (κ3) is 2.15. The number of ether oxygens (including phenoxy) is 1. The second-order valence-electron chi connectivity index (χ2n) is 8.87. The maximum absolute atomic E-state index is 13.0. The van der Waals surface area contributed by atoms with Crippen LogP contribution in [0.25, 0.3) is 0 Å². The van der Waals surface area contributed by atoms with Crippen molar-refractivity contribution in [2.24, 2.45) is 10.8 Å². The first-order chi connectivity index (χ1) is 11.6. The number of hydrogen-bond donors (Lipinski definition) is 2. The second kappa shape index (κ2) is 5.04. The molecule has 4 aliphatic rings. The molecule has 2 fully saturated rings. The average Bonchev–Trinajstić information content (AvgIpc) is 3.09. The van der Waals surface area contributed by atoms with E-state index in [0.29, 0.717) is 5.57 Å². The highest BCUT2D eigenvalue weighted by Gasteiger charge is 2.66. The van der Waals surface area contributed by atoms with E-state index in [-0.39, 0.29) is 17.8 Å². The van der Waals surface area contributed by atoms with E-state index in [2.05, 4.69) is 5.32 Å². The highest BCUT2D eigenvalue weighted by molar-refractivity contribution is 6.09. The SMILES string of the molecule is CC1=C2C(=CC(C)(C)[C@@H]2OC(=O)[C@@H]2CCCN2)C(=O)C(C)(O)C12CC2. The highest BCUT2D eigenvalue weighted by atomic mass is 16.5. The molecule has 1 spiro atoms. The number of Topliss-reactive ketones (excluding diaryl/α,β-unsaturated/α-hetero) is 1. The molecule has 0 aromatic heterocycles. The zero-order chi connectivity index (χ0) is 18.2. The first-order valence-corrected chi connectivity index (χ1v) is 9.27. The first kappa shape index (κ1) is 17.0. The van der Waals surface area contributed by atoms with Gasteiger partial charge in [-0.2, -0.15) is 0 Å². The van der Waals surface area contributed by atoms with Crippen LogP contribution in [0, 0.1) is 10.8 Å². The lowest BCUT2D eigenvalue weighted by atomic mass is 9.67. The predicted octanol–water partition coefficient (Wildman–Crippen LogP) is 2.05. The van der Waals surface area contributed by atoms with Gasteiger partial charge in [-0.15, -0.1) is 0 Å². The van der Waals surface area contributed by atoms with Crippen LogP contribution in [0.4, 0.5) is 0 Å². The number of fused-ring (bicyclic) bond motifs is 1. The molecule has 1 saturated carbocycles. The maximum atomic E-state index is 13.0. The first-order valence-electron chi connectivity index (χ1n) is 9.27. The van der Waals surface area contributed by atoms with E-state index in [1.165, 1.54) is 0 Å². The number of carbonyl (C=O) groups is 2. The fraction of sp³-hybridized carbons (Fsp3) is 0.700. The lowest BCUT2D eigenvalue weighted by Gasteiger charge is -2.40. The maximum Gasteiger partial charge on any atom is 0.323 e. The summed E-state index contributed by atoms with van der Waals surface area (Å²) in [5, 5.41) is 14.1. The summed E-state index contributed by atoms with van der Waals surface area (Å²) in [4.78, 5) is 25.6. The van der Waals surface area contributed by atoms with E-state index in [1.807, 2.05) is 26.8 Å². The molecule has 3 atom stereocenters. The predicted molar refractivity (Wildman–Crippen MR) is 92.8 cm³/mol. The molecule has 4 rings (SSSR count). The number of esters is 1. The Labute approximate surface area is 148 Å². The molecule has 0 aromatic rings. The normalized spacial score (nSPS) is 38.0. The van der Waals surface area contributed by atoms with Crippen molar-refractivity contribution in [1.29, 1.82) is 0 Å². The van der Waals surface area contributed by atoms with Gasteiger partial charge in [-0.25, -0.2) is 0 Å². The molecule has 0 aromatic carbocycles. The summed E-state index contributed by atoms with van der Waals surface area (Å²) in [6.07, 6.45) is 4.80. The van der Waals surface area contributed by atoms with Crippen LogP contribution in [0.3, 0.4) is 0 Å². The second-order valence-corrected chi connectivity index (χ2v) is 8.87. The van der Waals surface area contributed by atoms with Gasteiger partial charge in [-0.3, -0.25) is 9.59 Å². The molecule has 0 radical (unpaired) electrons. The van der Waals surface area contributed by atoms with Gasteiger partial charge in [0.05, 0.1) is 0 Å². The molecule has 25 heavy (non-hydrogen) atoms. The minimum absolute atomic E-state index is 0.226. The summed E-state index contributed by atoms with van der Waals surface area (Å²) < 4.78 is 5.94. The Bertz CT molecular complexity index is 718. The Morgan fingerprint density at radius 2 is 2.00 bits per heavy atom. The zero-order valence-electron chi connectivity index (χ0n) is 15.4. The van der Waals surface area contributed by atoms with Crippen molar-refractivity contribution in [3.63, 3.8) is 0 Å². The molecular weight excluding hydrogens is 318 g/mol. The van der Waals surface area contributed by atoms with E-state index in [4.69, 9.17) is 4.74 Å². The van der Waals surface area contributed by atoms with E-state index < -0.39 is 22.5 Å². The van der Waals surface area contributed by atoms with Crippen molar-refractivity contribution in [2.75, 3.05) is 6.54 Å². The number of aliphatic hydroxyl groups is 1. The van der Waals surface area contributed by atoms with Crippen LogP contribution in [-0.2, 0) is 14.3 Å². The van der Waals surface area contributed by atoms with E-state index in [0.717, 1.165) is 43.4 Å². The summed E-state index contributed by atoms with van der Waals surface area (Å²) >= 11 is 0. The van der Waals surface area contributed by atoms with Crippen LogP contribution in [0.15, 0.2) is 22.8 Å². The number of ketones is 1. The van der Waals surface area contributed by atoms with Crippen molar-refractivity contribution in [1.82, 2.24) is 5.32 Å². The van der Waals surface area contributed by atoms with Crippen molar-refractivity contribution in [3.05, 3.63) is 22.8 Å². The van der Waals surface area contributed by atoms with Gasteiger partial charge in [0, 0.05) is 22.0 Å². The van der Waals surface area contributed by atoms with Gasteiger partial charge in [0.15, 0.2) is 5.78 Å². The van der Waals surface area contributed by atoms with Gasteiger partial charge in [0.1, 0.15) is 17.7 Å². The van der Waals surface area contributed by atoms with E-state index in [1.54, 1.807) is 6.92 Å². The van der Waals surface area contributed by atoms with Gasteiger partial charge < -0.3 is 15.2 Å². The molecular formula is C20H27NO4. The largest absolute Gasteiger partial charge is 0.455 e. The van der Waals surface area contributed by atoms with Crippen molar-refractivity contribution in [2.45, 2.75) is 71.1 Å². The average molecular weight is 345 g/mol. The monoisotopic (exact) mass is 345 g/mol. The number of carbonyl (C=O) groups excluding carboxylic acids is 2. The Kier molecular flexibility index (Phi) is 3.42. The fourth-order valence-electron chi connectivity index (χ4n) is 5.01. The summed E-state index contributed by atoms with van der Waals surface area (Å²) in [5.41, 5.74) is 0.0902. The molecule has 136 valence electrons. The third-order valence-electron chi connectivity index (χ3n) is 6.81. The van der Waals surface area contributed by atoms with Crippen molar-refractivity contribution < 1.29 is 19.4 Å². The van der Waals surface area contributed by atoms with Crippen LogP contribution in [0.5, 0.6) is 0 Å². The lowest BCUT2D eigenvalue weighted by Crippen LogP contribution is -2.50. The highest BCUT2D eigenvalue weighted by Crippen LogP contribution is 2.65. The Morgan fingerprint density at radius 1 is 1.32 bits per heavy atom. The van der Waals surface area contributed by atoms with Crippen molar-refractivity contribution in [3.8, 4) is 0 Å². The van der Waals surface area contributed by atoms with Crippen LogP contribution in [0.2, 0.25) is 0 Å². The molecule has 5 heteroatoms. The minimum Gasteiger partial charge on any atom is -0.455 e. The molecule has 1 unspecified atom stereocenters. The molecule has 0 bridgehead atoms. The molecule has 2 N–H and O–H groups in total. The molecule has 1 saturated heterocycles. The third-order valence-corrected chi connectivity index (χ3v) is 6.81. The summed E-state index contributed by atoms with van der Waals surface area (Å²) in [6, 6.07) is -0.252. The Morgan fingerprint density at radius 3 is 2.56 bits per heavy atom. The Balaban J connectivity index is 1.74. The van der Waals surface area contributed by atoms with Crippen LogP contribution >= 0.6 is 0 Å². The van der Waals surface area contributed by atoms with Crippen LogP contribution in [0.1, 0.15) is 53.4 Å². The smallest absolute Gasteiger partial charge is 0.323 e.